The molecule has 1 saturated heterocycles. The monoisotopic (exact) mass is 834 g/mol. The Morgan fingerprint density at radius 2 is 1.67 bits per heavy atom. The highest BCUT2D eigenvalue weighted by Crippen LogP contribution is 2.51. The van der Waals surface area contributed by atoms with Gasteiger partial charge in [0.05, 0.1) is 41.9 Å². The smallest absolute Gasteiger partial charge is 0.417 e. The van der Waals surface area contributed by atoms with Gasteiger partial charge in [0, 0.05) is 31.2 Å². The summed E-state index contributed by atoms with van der Waals surface area (Å²) in [5, 5.41) is 10.9. The Labute approximate surface area is 345 Å². The molecule has 1 aliphatic carbocycles. The van der Waals surface area contributed by atoms with E-state index in [4.69, 9.17) is 4.74 Å². The average Bonchev–Trinajstić information content (AvgIpc) is 3.48. The molecule has 0 unspecified atom stereocenters. The summed E-state index contributed by atoms with van der Waals surface area (Å²) in [6.07, 6.45) is -1.37. The Hall–Kier alpha value is -6.00. The highest BCUT2D eigenvalue weighted by Gasteiger charge is 2.50. The molecule has 1 aliphatic heterocycles. The summed E-state index contributed by atoms with van der Waals surface area (Å²) in [5.74, 6) is -1.37. The van der Waals surface area contributed by atoms with Gasteiger partial charge in [-0.2, -0.15) is 13.2 Å². The maximum atomic E-state index is 15.5. The number of alkyl carbamates (subject to hydrolysis) is 1. The van der Waals surface area contributed by atoms with Crippen molar-refractivity contribution in [2.75, 3.05) is 30.8 Å². The van der Waals surface area contributed by atoms with E-state index in [0.717, 1.165) is 12.5 Å². The summed E-state index contributed by atoms with van der Waals surface area (Å²) in [7, 11) is 1.23. The van der Waals surface area contributed by atoms with Crippen LogP contribution in [-0.4, -0.2) is 75.9 Å². The average molecular weight is 835 g/mol. The molecule has 2 aliphatic rings. The van der Waals surface area contributed by atoms with Crippen molar-refractivity contribution >= 4 is 35.3 Å². The number of benzene rings is 2. The van der Waals surface area contributed by atoms with Gasteiger partial charge in [0.1, 0.15) is 23.5 Å². The Morgan fingerprint density at radius 1 is 0.983 bits per heavy atom. The van der Waals surface area contributed by atoms with Crippen molar-refractivity contribution in [3.63, 3.8) is 0 Å². The van der Waals surface area contributed by atoms with Crippen molar-refractivity contribution in [2.24, 2.45) is 23.2 Å². The van der Waals surface area contributed by atoms with E-state index in [1.807, 2.05) is 41.5 Å². The SMILES string of the molecule is COC(=O)N[C@H](C(=O)N1C[C@@H](C)C[C@H]1c1ncc(-c2ccc(-c3cc(F)c(NC(=O)c4ccc(NC[C@H](C)NC(=O)[C@H]5CC5(C)C)nc4)cc3C(F)(F)F)cc2)[nH]1)C(C)C. The van der Waals surface area contributed by atoms with Crippen LogP contribution in [-0.2, 0) is 20.5 Å². The van der Waals surface area contributed by atoms with E-state index in [-0.39, 0.29) is 52.2 Å². The summed E-state index contributed by atoms with van der Waals surface area (Å²) in [6, 6.07) is 8.80. The van der Waals surface area contributed by atoms with E-state index in [0.29, 0.717) is 48.5 Å². The molecule has 0 spiro atoms. The number of aromatic amines is 1. The van der Waals surface area contributed by atoms with Crippen LogP contribution < -0.4 is 21.3 Å². The van der Waals surface area contributed by atoms with Crippen LogP contribution in [0, 0.1) is 29.0 Å². The molecule has 6 rings (SSSR count). The number of imidazole rings is 1. The predicted molar refractivity (Wildman–Crippen MR) is 217 cm³/mol. The number of anilines is 2. The third-order valence-electron chi connectivity index (χ3n) is 11.1. The van der Waals surface area contributed by atoms with Crippen LogP contribution in [0.5, 0.6) is 0 Å². The zero-order chi connectivity index (χ0) is 43.7. The van der Waals surface area contributed by atoms with E-state index < -0.39 is 52.9 Å². The Morgan fingerprint density at radius 3 is 2.27 bits per heavy atom. The fourth-order valence-electron chi connectivity index (χ4n) is 7.45. The lowest BCUT2D eigenvalue weighted by Gasteiger charge is -2.30. The van der Waals surface area contributed by atoms with Crippen molar-refractivity contribution in [3.8, 4) is 22.4 Å². The lowest BCUT2D eigenvalue weighted by molar-refractivity contribution is -0.137. The molecule has 1 saturated carbocycles. The normalized spacial score (nSPS) is 19.3. The number of hydrogen-bond donors (Lipinski definition) is 5. The van der Waals surface area contributed by atoms with E-state index in [2.05, 4.69) is 36.2 Å². The molecule has 4 amide bonds. The lowest BCUT2D eigenvalue weighted by atomic mass is 9.96. The van der Waals surface area contributed by atoms with E-state index >= 15 is 4.39 Å². The zero-order valence-corrected chi connectivity index (χ0v) is 34.5. The minimum absolute atomic E-state index is 0.00592. The summed E-state index contributed by atoms with van der Waals surface area (Å²) in [6.45, 7) is 12.4. The highest BCUT2D eigenvalue weighted by molar-refractivity contribution is 6.04. The van der Waals surface area contributed by atoms with Crippen LogP contribution in [0.3, 0.4) is 0 Å². The number of nitrogens with zero attached hydrogens (tertiary/aromatic N) is 3. The highest BCUT2D eigenvalue weighted by atomic mass is 19.4. The molecule has 5 atom stereocenters. The van der Waals surface area contributed by atoms with Crippen LogP contribution >= 0.6 is 0 Å². The number of amides is 4. The van der Waals surface area contributed by atoms with E-state index in [9.17, 15) is 32.3 Å². The molecule has 5 N–H and O–H groups in total. The number of nitrogens with one attached hydrogen (secondary N) is 5. The minimum Gasteiger partial charge on any atom is -0.453 e. The van der Waals surface area contributed by atoms with Gasteiger partial charge in [-0.25, -0.2) is 19.2 Å². The Balaban J connectivity index is 1.13. The minimum atomic E-state index is -4.90. The number of likely N-dealkylation sites (tertiary alicyclic amines) is 1. The first-order chi connectivity index (χ1) is 28.2. The molecule has 0 radical (unpaired) electrons. The standard InChI is InChI=1S/C43H50F4N8O5/c1-22(2)36(54-41(59)60-7)40(58)55-21-23(3)14-34(55)37-50-20-33(52-37)26-10-8-25(9-11-26)28-15-31(44)32(16-29(28)43(45,46)47)53-38(56)27-12-13-35(49-19-27)48-18-24(4)51-39(57)30-17-42(30,5)6/h8-13,15-16,19-20,22-24,30,34,36H,14,17-18,21H2,1-7H3,(H,48,49)(H,50,52)(H,51,57)(H,53,56)(H,54,59)/t23-,24-,30+,34-,36-/m0/s1. The number of hydrogen-bond acceptors (Lipinski definition) is 8. The van der Waals surface area contributed by atoms with Gasteiger partial charge in [-0.15, -0.1) is 0 Å². The van der Waals surface area contributed by atoms with Gasteiger partial charge in [0.25, 0.3) is 5.91 Å². The van der Waals surface area contributed by atoms with Crippen molar-refractivity contribution in [1.29, 1.82) is 0 Å². The summed E-state index contributed by atoms with van der Waals surface area (Å²) >= 11 is 0. The first-order valence-electron chi connectivity index (χ1n) is 19.8. The van der Waals surface area contributed by atoms with Gasteiger partial charge in [-0.3, -0.25) is 14.4 Å². The zero-order valence-electron chi connectivity index (χ0n) is 34.5. The van der Waals surface area contributed by atoms with Crippen LogP contribution in [0.25, 0.3) is 22.4 Å². The summed E-state index contributed by atoms with van der Waals surface area (Å²) < 4.78 is 63.6. The van der Waals surface area contributed by atoms with Gasteiger partial charge in [-0.05, 0) is 78.0 Å². The van der Waals surface area contributed by atoms with Crippen molar-refractivity contribution in [1.82, 2.24) is 30.5 Å². The maximum Gasteiger partial charge on any atom is 0.417 e. The molecular weight excluding hydrogens is 785 g/mol. The first kappa shape index (κ1) is 43.6. The first-order valence-corrected chi connectivity index (χ1v) is 19.8. The molecular formula is C43H50F4N8O5. The molecule has 2 aromatic heterocycles. The van der Waals surface area contributed by atoms with E-state index in [1.165, 1.54) is 37.6 Å². The summed E-state index contributed by atoms with van der Waals surface area (Å²) in [4.78, 5) is 64.7. The van der Waals surface area contributed by atoms with Crippen LogP contribution in [0.15, 0.2) is 60.9 Å². The summed E-state index contributed by atoms with van der Waals surface area (Å²) in [5.41, 5.74) is -1.02. The number of H-pyrrole nitrogens is 1. The van der Waals surface area contributed by atoms with Crippen molar-refractivity contribution < 1.29 is 41.5 Å². The fraction of sp³-hybridized carbons (Fsp3) is 0.442. The number of rotatable bonds is 13. The number of methoxy groups -OCH3 is 1. The Kier molecular flexibility index (Phi) is 12.6. The third kappa shape index (κ3) is 9.88. The second-order valence-electron chi connectivity index (χ2n) is 16.8. The second-order valence-corrected chi connectivity index (χ2v) is 16.8. The van der Waals surface area contributed by atoms with Crippen LogP contribution in [0.2, 0.25) is 0 Å². The van der Waals surface area contributed by atoms with Crippen LogP contribution in [0.4, 0.5) is 33.9 Å². The number of carbonyl (C=O) groups excluding carboxylic acids is 4. The fourth-order valence-corrected chi connectivity index (χ4v) is 7.45. The van der Waals surface area contributed by atoms with E-state index in [1.54, 1.807) is 23.2 Å². The third-order valence-corrected chi connectivity index (χ3v) is 11.1. The van der Waals surface area contributed by atoms with Crippen LogP contribution in [0.1, 0.15) is 82.2 Å². The molecule has 0 bridgehead atoms. The number of alkyl halides is 3. The quantitative estimate of drug-likeness (QED) is 0.0850. The van der Waals surface area contributed by atoms with Gasteiger partial charge in [0.2, 0.25) is 11.8 Å². The number of halogens is 4. The number of ether oxygens (including phenoxy) is 1. The van der Waals surface area contributed by atoms with Gasteiger partial charge >= 0.3 is 12.3 Å². The topological polar surface area (TPSA) is 170 Å². The molecule has 17 heteroatoms. The van der Waals surface area contributed by atoms with Crippen molar-refractivity contribution in [3.05, 3.63) is 83.7 Å². The molecule has 13 nitrogen and oxygen atoms in total. The van der Waals surface area contributed by atoms with Gasteiger partial charge in [0.15, 0.2) is 0 Å². The van der Waals surface area contributed by atoms with Gasteiger partial charge < -0.3 is 35.9 Å². The number of pyridine rings is 1. The molecule has 3 heterocycles. The molecule has 320 valence electrons. The maximum absolute atomic E-state index is 15.5. The second kappa shape index (κ2) is 17.3. The largest absolute Gasteiger partial charge is 0.453 e. The van der Waals surface area contributed by atoms with Crippen molar-refractivity contribution in [2.45, 2.75) is 78.7 Å². The molecule has 2 aromatic carbocycles. The molecule has 60 heavy (non-hydrogen) atoms. The molecule has 2 fully saturated rings. The Bertz CT molecular complexity index is 2230. The number of aromatic nitrogens is 3. The van der Waals surface area contributed by atoms with Gasteiger partial charge in [-0.1, -0.05) is 58.9 Å². The molecule has 4 aromatic rings. The predicted octanol–water partition coefficient (Wildman–Crippen LogP) is 7.80. The number of carbonyl (C=O) groups is 4. The lowest BCUT2D eigenvalue weighted by Crippen LogP contribution is -2.51.